The third-order valence-corrected chi connectivity index (χ3v) is 8.14. The van der Waals surface area contributed by atoms with Crippen LogP contribution < -0.4 is 9.47 Å². The van der Waals surface area contributed by atoms with Gasteiger partial charge >= 0.3 is 21.1 Å². The van der Waals surface area contributed by atoms with Gasteiger partial charge in [-0.2, -0.15) is 0 Å². The predicted molar refractivity (Wildman–Crippen MR) is 177 cm³/mol. The molecule has 6 rings (SSSR count). The Labute approximate surface area is 301 Å². The Kier molecular flexibility index (Phi) is 10.5. The minimum Gasteiger partial charge on any atom is -0.458 e. The Morgan fingerprint density at radius 1 is 0.560 bits per heavy atom. The molecule has 0 atom stereocenters. The molecule has 0 aliphatic heterocycles. The molecule has 0 spiro atoms. The van der Waals surface area contributed by atoms with Crippen LogP contribution in [0.1, 0.15) is 47.5 Å². The fourth-order valence-electron chi connectivity index (χ4n) is 5.42. The van der Waals surface area contributed by atoms with Gasteiger partial charge in [-0.25, -0.2) is 17.6 Å². The number of hydrogen-bond donors (Lipinski definition) is 0. The van der Waals surface area contributed by atoms with Crippen LogP contribution in [0.25, 0.3) is 22.5 Å². The van der Waals surface area contributed by atoms with Gasteiger partial charge < -0.3 is 9.47 Å². The van der Waals surface area contributed by atoms with Crippen LogP contribution in [0.15, 0.2) is 72.8 Å². The third kappa shape index (κ3) is 7.45. The summed E-state index contributed by atoms with van der Waals surface area (Å²) in [5.74, 6) is -2.42. The molecule has 0 aliphatic rings. The normalized spacial score (nSPS) is 11.2. The first-order valence-electron chi connectivity index (χ1n) is 15.3. The Bertz CT molecular complexity index is 2030. The first kappa shape index (κ1) is 36.3. The number of hydrogen-bond acceptors (Lipinski definition) is 6. The minimum absolute atomic E-state index is 0. The maximum Gasteiger partial charge on any atom is 2.00 e. The molecular weight excluding hydrogens is 828 g/mol. The summed E-state index contributed by atoms with van der Waals surface area (Å²) in [4.78, 5) is 16.2. The summed E-state index contributed by atoms with van der Waals surface area (Å²) in [6, 6.07) is 24.9. The maximum atomic E-state index is 15.0. The van der Waals surface area contributed by atoms with E-state index in [1.54, 1.807) is 12.1 Å². The SMILES string of the molecule is Cc1cccc(C)c1Oc1cc(-c2[c-]cc(F)nc2F)nc(C(C)(C)c2cc(Oc3c(C)cccc3C)cc(-c3[c-]cc(F)nc3F)n2)c1.[Pt+2]. The van der Waals surface area contributed by atoms with Crippen molar-refractivity contribution < 1.29 is 48.1 Å². The molecule has 256 valence electrons. The number of benzene rings is 2. The van der Waals surface area contributed by atoms with Gasteiger partial charge in [-0.1, -0.05) is 59.7 Å². The Balaban J connectivity index is 0.00000486. The van der Waals surface area contributed by atoms with E-state index in [-0.39, 0.29) is 43.6 Å². The number of halogens is 4. The quantitative estimate of drug-likeness (QED) is 0.0863. The summed E-state index contributed by atoms with van der Waals surface area (Å²) in [5.41, 5.74) is 2.97. The summed E-state index contributed by atoms with van der Waals surface area (Å²) in [7, 11) is 0. The average Bonchev–Trinajstić information content (AvgIpc) is 3.04. The van der Waals surface area contributed by atoms with Gasteiger partial charge in [0.05, 0.1) is 0 Å². The van der Waals surface area contributed by atoms with Gasteiger partial charge in [0.25, 0.3) is 0 Å². The molecule has 6 aromatic rings. The van der Waals surface area contributed by atoms with Crippen LogP contribution in [0.5, 0.6) is 23.0 Å². The molecule has 0 fully saturated rings. The number of nitrogens with zero attached hydrogens (tertiary/aromatic N) is 4. The van der Waals surface area contributed by atoms with Crippen molar-refractivity contribution in [1.82, 2.24) is 19.9 Å². The van der Waals surface area contributed by atoms with Crippen molar-refractivity contribution >= 4 is 0 Å². The largest absolute Gasteiger partial charge is 2.00 e. The first-order chi connectivity index (χ1) is 23.3. The van der Waals surface area contributed by atoms with Crippen molar-refractivity contribution in [1.29, 1.82) is 0 Å². The molecular formula is C39H30F4N4O2Pt. The Morgan fingerprint density at radius 2 is 0.920 bits per heavy atom. The first-order valence-corrected chi connectivity index (χ1v) is 15.3. The topological polar surface area (TPSA) is 70.0 Å². The Morgan fingerprint density at radius 3 is 1.26 bits per heavy atom. The average molecular weight is 858 g/mol. The molecule has 0 saturated heterocycles. The van der Waals surface area contributed by atoms with E-state index in [0.717, 1.165) is 34.4 Å². The van der Waals surface area contributed by atoms with Crippen molar-refractivity contribution in [3.63, 3.8) is 0 Å². The van der Waals surface area contributed by atoms with Crippen molar-refractivity contribution in [2.45, 2.75) is 47.0 Å². The molecule has 0 radical (unpaired) electrons. The van der Waals surface area contributed by atoms with Crippen molar-refractivity contribution in [2.24, 2.45) is 0 Å². The molecule has 4 heterocycles. The fourth-order valence-corrected chi connectivity index (χ4v) is 5.42. The minimum atomic E-state index is -1.10. The summed E-state index contributed by atoms with van der Waals surface area (Å²) < 4.78 is 70.4. The zero-order valence-electron chi connectivity index (χ0n) is 27.9. The molecule has 0 saturated carbocycles. The van der Waals surface area contributed by atoms with Crippen molar-refractivity contribution in [2.75, 3.05) is 0 Å². The van der Waals surface area contributed by atoms with Gasteiger partial charge in [0.15, 0.2) is 0 Å². The van der Waals surface area contributed by atoms with E-state index in [1.165, 1.54) is 12.1 Å². The Hall–Kier alpha value is -4.95. The molecule has 6 nitrogen and oxygen atoms in total. The molecule has 0 bridgehead atoms. The number of pyridine rings is 4. The molecule has 11 heteroatoms. The van der Waals surface area contributed by atoms with Crippen molar-refractivity contribution in [3.05, 3.63) is 142 Å². The number of ether oxygens (including phenoxy) is 2. The van der Waals surface area contributed by atoms with E-state index in [9.17, 15) is 8.78 Å². The second kappa shape index (κ2) is 14.5. The monoisotopic (exact) mass is 857 g/mol. The van der Waals surface area contributed by atoms with Gasteiger partial charge in [0.2, 0.25) is 0 Å². The van der Waals surface area contributed by atoms with Crippen molar-refractivity contribution in [3.8, 4) is 45.5 Å². The van der Waals surface area contributed by atoms with E-state index in [1.807, 2.05) is 77.9 Å². The second-order valence-corrected chi connectivity index (χ2v) is 12.2. The van der Waals surface area contributed by atoms with Gasteiger partial charge in [0, 0.05) is 28.9 Å². The number of aryl methyl sites for hydroxylation is 4. The van der Waals surface area contributed by atoms with E-state index in [4.69, 9.17) is 19.4 Å². The van der Waals surface area contributed by atoms with Crippen LogP contribution in [0.3, 0.4) is 0 Å². The van der Waals surface area contributed by atoms with Gasteiger partial charge in [-0.3, -0.25) is 19.9 Å². The molecule has 2 aromatic carbocycles. The number of rotatable bonds is 8. The van der Waals surface area contributed by atoms with Crippen LogP contribution >= 0.6 is 0 Å². The smallest absolute Gasteiger partial charge is 0.458 e. The fraction of sp³-hybridized carbons (Fsp3) is 0.179. The molecule has 0 N–H and O–H groups in total. The summed E-state index contributed by atoms with van der Waals surface area (Å²) in [6.45, 7) is 11.3. The van der Waals surface area contributed by atoms with E-state index in [0.29, 0.717) is 34.4 Å². The summed E-state index contributed by atoms with van der Waals surface area (Å²) >= 11 is 0. The van der Waals surface area contributed by atoms with Crippen LogP contribution in [-0.4, -0.2) is 19.9 Å². The standard InChI is InChI=1S/C39H30F4N4O2.Pt/c1-21-9-7-10-22(2)35(21)48-25-17-29(27-13-15-33(40)46-37(27)42)44-31(19-25)39(5,6)32-20-26(49-36-23(3)11-8-12-24(36)4)18-30(45-32)28-14-16-34(41)47-38(28)43;/h7-12,15-20H,1-6H3;/q-2;+2. The van der Waals surface area contributed by atoms with Gasteiger partial charge in [0.1, 0.15) is 46.8 Å². The van der Waals surface area contributed by atoms with Crippen LogP contribution in [-0.2, 0) is 26.5 Å². The number of para-hydroxylation sites is 2. The molecule has 0 amide bonds. The maximum absolute atomic E-state index is 15.0. The van der Waals surface area contributed by atoms with Crippen LogP contribution in [0, 0.1) is 63.6 Å². The zero-order valence-corrected chi connectivity index (χ0v) is 30.1. The van der Waals surface area contributed by atoms with Gasteiger partial charge in [-0.05, 0) is 87.3 Å². The third-order valence-electron chi connectivity index (χ3n) is 8.14. The molecule has 4 aromatic heterocycles. The van der Waals surface area contributed by atoms with E-state index >= 15 is 8.78 Å². The number of aromatic nitrogens is 4. The summed E-state index contributed by atoms with van der Waals surface area (Å²) in [6.07, 6.45) is 0. The molecule has 0 unspecified atom stereocenters. The van der Waals surface area contributed by atoms with E-state index < -0.39 is 29.2 Å². The summed E-state index contributed by atoms with van der Waals surface area (Å²) in [5, 5.41) is 0. The zero-order chi connectivity index (χ0) is 35.0. The van der Waals surface area contributed by atoms with Crippen LogP contribution in [0.2, 0.25) is 0 Å². The molecule has 50 heavy (non-hydrogen) atoms. The van der Waals surface area contributed by atoms with Crippen LogP contribution in [0.4, 0.5) is 17.6 Å². The van der Waals surface area contributed by atoms with Gasteiger partial charge in [-0.15, -0.1) is 12.1 Å². The molecule has 0 aliphatic carbocycles. The van der Waals surface area contributed by atoms with E-state index in [2.05, 4.69) is 22.1 Å². The predicted octanol–water partition coefficient (Wildman–Crippen LogP) is 9.90. The second-order valence-electron chi connectivity index (χ2n) is 12.2.